The average Bonchev–Trinajstić information content (AvgIpc) is 3.29. The van der Waals surface area contributed by atoms with Gasteiger partial charge in [-0.05, 0) is 25.1 Å². The Morgan fingerprint density at radius 1 is 1.16 bits per heavy atom. The Morgan fingerprint density at radius 2 is 1.96 bits per heavy atom. The highest BCUT2D eigenvalue weighted by atomic mass is 32.1. The van der Waals surface area contributed by atoms with Crippen LogP contribution in [0.5, 0.6) is 5.75 Å². The number of ether oxygens (including phenoxy) is 1. The second kappa shape index (κ2) is 7.83. The van der Waals surface area contributed by atoms with E-state index in [1.165, 1.54) is 5.56 Å². The number of aromatic nitrogens is 2. The smallest absolute Gasteiger partial charge is 0.119 e. The third-order valence-electron chi connectivity index (χ3n) is 3.84. The SMILES string of the molecule is COc1ccc2[nH]c(C)c(NN)c2c1.c1ccc(-c2cscn2)cc1. The molecule has 0 fully saturated rings. The van der Waals surface area contributed by atoms with Gasteiger partial charge in [0, 0.05) is 27.5 Å². The molecule has 0 radical (unpaired) electrons. The molecule has 0 bridgehead atoms. The Labute approximate surface area is 150 Å². The molecule has 2 heterocycles. The minimum atomic E-state index is 0.827. The maximum atomic E-state index is 5.44. The van der Waals surface area contributed by atoms with Gasteiger partial charge in [0.1, 0.15) is 5.75 Å². The number of benzene rings is 2. The van der Waals surface area contributed by atoms with Crippen LogP contribution in [0.3, 0.4) is 0 Å². The number of hydrogen-bond donors (Lipinski definition) is 3. The molecule has 0 saturated carbocycles. The zero-order chi connectivity index (χ0) is 17.6. The summed E-state index contributed by atoms with van der Waals surface area (Å²) in [6.07, 6.45) is 0. The van der Waals surface area contributed by atoms with E-state index in [0.717, 1.165) is 33.7 Å². The number of thiazole rings is 1. The largest absolute Gasteiger partial charge is 0.497 e. The predicted molar refractivity (Wildman–Crippen MR) is 105 cm³/mol. The Balaban J connectivity index is 0.000000150. The fourth-order valence-corrected chi connectivity index (χ4v) is 3.14. The molecular weight excluding hydrogens is 332 g/mol. The molecule has 0 spiro atoms. The van der Waals surface area contributed by atoms with Gasteiger partial charge >= 0.3 is 0 Å². The lowest BCUT2D eigenvalue weighted by Gasteiger charge is -2.01. The van der Waals surface area contributed by atoms with E-state index in [0.29, 0.717) is 0 Å². The van der Waals surface area contributed by atoms with Gasteiger partial charge < -0.3 is 15.1 Å². The molecule has 0 aliphatic heterocycles. The van der Waals surface area contributed by atoms with Crippen molar-refractivity contribution in [2.75, 3.05) is 12.5 Å². The molecule has 2 aromatic heterocycles. The summed E-state index contributed by atoms with van der Waals surface area (Å²) in [4.78, 5) is 7.44. The van der Waals surface area contributed by atoms with Crippen molar-refractivity contribution in [3.05, 3.63) is 65.1 Å². The predicted octanol–water partition coefficient (Wildman–Crippen LogP) is 4.58. The number of hydrogen-bond acceptors (Lipinski definition) is 5. The van der Waals surface area contributed by atoms with Crippen LogP contribution in [-0.4, -0.2) is 17.1 Å². The van der Waals surface area contributed by atoms with Gasteiger partial charge in [0.15, 0.2) is 0 Å². The molecule has 0 atom stereocenters. The molecule has 5 nitrogen and oxygen atoms in total. The summed E-state index contributed by atoms with van der Waals surface area (Å²) < 4.78 is 5.15. The highest BCUT2D eigenvalue weighted by molar-refractivity contribution is 7.07. The summed E-state index contributed by atoms with van der Waals surface area (Å²) in [7, 11) is 1.65. The second-order valence-electron chi connectivity index (χ2n) is 5.42. The maximum absolute atomic E-state index is 5.44. The van der Waals surface area contributed by atoms with Crippen molar-refractivity contribution in [2.45, 2.75) is 6.92 Å². The van der Waals surface area contributed by atoms with E-state index in [9.17, 15) is 0 Å². The summed E-state index contributed by atoms with van der Waals surface area (Å²) in [5.41, 5.74) is 9.78. The summed E-state index contributed by atoms with van der Waals surface area (Å²) in [5.74, 6) is 6.27. The van der Waals surface area contributed by atoms with Crippen LogP contribution in [0, 0.1) is 6.92 Å². The first-order valence-electron chi connectivity index (χ1n) is 7.79. The van der Waals surface area contributed by atoms with E-state index < -0.39 is 0 Å². The Morgan fingerprint density at radius 3 is 2.60 bits per heavy atom. The highest BCUT2D eigenvalue weighted by Crippen LogP contribution is 2.29. The molecule has 4 rings (SSSR count). The summed E-state index contributed by atoms with van der Waals surface area (Å²) >= 11 is 1.62. The van der Waals surface area contributed by atoms with Crippen molar-refractivity contribution < 1.29 is 4.74 Å². The van der Waals surface area contributed by atoms with Crippen molar-refractivity contribution in [3.8, 4) is 17.0 Å². The van der Waals surface area contributed by atoms with Gasteiger partial charge in [-0.1, -0.05) is 30.3 Å². The Bertz CT molecular complexity index is 933. The zero-order valence-corrected chi connectivity index (χ0v) is 14.9. The molecule has 4 aromatic rings. The summed E-state index contributed by atoms with van der Waals surface area (Å²) in [6.45, 7) is 1.97. The standard InChI is InChI=1S/C10H13N3O.C9H7NS/c1-6-10(13-11)8-5-7(14-2)3-4-9(8)12-6;1-2-4-8(5-3-1)9-6-11-7-10-9/h3-5,12-13H,11H2,1-2H3;1-7H. The fraction of sp³-hybridized carbons (Fsp3) is 0.105. The number of methoxy groups -OCH3 is 1. The molecule has 0 aliphatic rings. The van der Waals surface area contributed by atoms with Crippen molar-refractivity contribution in [3.63, 3.8) is 0 Å². The van der Waals surface area contributed by atoms with Crippen molar-refractivity contribution >= 4 is 27.9 Å². The van der Waals surface area contributed by atoms with Gasteiger partial charge in [0.25, 0.3) is 0 Å². The lowest BCUT2D eigenvalue weighted by atomic mass is 10.2. The number of fused-ring (bicyclic) bond motifs is 1. The second-order valence-corrected chi connectivity index (χ2v) is 6.14. The molecular formula is C19H20N4OS. The third kappa shape index (κ3) is 3.81. The summed E-state index contributed by atoms with van der Waals surface area (Å²) in [5, 5.41) is 3.10. The van der Waals surface area contributed by atoms with E-state index in [1.807, 2.05) is 48.8 Å². The number of nitrogen functional groups attached to an aromatic ring is 1. The minimum Gasteiger partial charge on any atom is -0.497 e. The van der Waals surface area contributed by atoms with Crippen LogP contribution in [-0.2, 0) is 0 Å². The van der Waals surface area contributed by atoms with Gasteiger partial charge in [-0.3, -0.25) is 5.84 Å². The lowest BCUT2D eigenvalue weighted by molar-refractivity contribution is 0.415. The Hall–Kier alpha value is -2.83. The highest BCUT2D eigenvalue weighted by Gasteiger charge is 2.07. The molecule has 0 saturated heterocycles. The first kappa shape index (κ1) is 17.0. The van der Waals surface area contributed by atoms with Gasteiger partial charge in [-0.15, -0.1) is 11.3 Å². The van der Waals surface area contributed by atoms with Gasteiger partial charge in [-0.25, -0.2) is 4.98 Å². The van der Waals surface area contributed by atoms with Crippen LogP contribution < -0.4 is 16.0 Å². The molecule has 128 valence electrons. The van der Waals surface area contributed by atoms with E-state index in [1.54, 1.807) is 18.4 Å². The van der Waals surface area contributed by atoms with E-state index in [-0.39, 0.29) is 0 Å². The number of nitrogens with zero attached hydrogens (tertiary/aromatic N) is 1. The molecule has 2 aromatic carbocycles. The normalized spacial score (nSPS) is 10.2. The number of H-pyrrole nitrogens is 1. The van der Waals surface area contributed by atoms with Crippen LogP contribution in [0.15, 0.2) is 59.4 Å². The third-order valence-corrected chi connectivity index (χ3v) is 4.43. The maximum Gasteiger partial charge on any atom is 0.119 e. The fourth-order valence-electron chi connectivity index (χ4n) is 2.58. The van der Waals surface area contributed by atoms with Crippen LogP contribution in [0.4, 0.5) is 5.69 Å². The van der Waals surface area contributed by atoms with Crippen molar-refractivity contribution in [1.82, 2.24) is 9.97 Å². The van der Waals surface area contributed by atoms with Gasteiger partial charge in [-0.2, -0.15) is 0 Å². The number of nitrogens with one attached hydrogen (secondary N) is 2. The summed E-state index contributed by atoms with van der Waals surface area (Å²) in [6, 6.07) is 16.0. The molecule has 6 heteroatoms. The average molecular weight is 352 g/mol. The first-order valence-corrected chi connectivity index (χ1v) is 8.73. The number of aryl methyl sites for hydroxylation is 1. The number of rotatable bonds is 3. The molecule has 0 amide bonds. The first-order chi connectivity index (χ1) is 12.2. The monoisotopic (exact) mass is 352 g/mol. The van der Waals surface area contributed by atoms with Crippen molar-refractivity contribution in [2.24, 2.45) is 5.84 Å². The van der Waals surface area contributed by atoms with E-state index in [4.69, 9.17) is 10.6 Å². The van der Waals surface area contributed by atoms with Crippen LogP contribution >= 0.6 is 11.3 Å². The number of aromatic amines is 1. The molecule has 25 heavy (non-hydrogen) atoms. The lowest BCUT2D eigenvalue weighted by Crippen LogP contribution is -2.07. The van der Waals surface area contributed by atoms with Crippen LogP contribution in [0.1, 0.15) is 5.69 Å². The van der Waals surface area contributed by atoms with Gasteiger partial charge in [0.2, 0.25) is 0 Å². The minimum absolute atomic E-state index is 0.827. The number of hydrazine groups is 1. The topological polar surface area (TPSA) is 76.0 Å². The van der Waals surface area contributed by atoms with E-state index >= 15 is 0 Å². The molecule has 0 aliphatic carbocycles. The molecule has 0 unspecified atom stereocenters. The van der Waals surface area contributed by atoms with Gasteiger partial charge in [0.05, 0.1) is 24.0 Å². The van der Waals surface area contributed by atoms with E-state index in [2.05, 4.69) is 32.9 Å². The quantitative estimate of drug-likeness (QED) is 0.373. The van der Waals surface area contributed by atoms with Crippen LogP contribution in [0.2, 0.25) is 0 Å². The number of anilines is 1. The number of nitrogens with two attached hydrogens (primary N) is 1. The zero-order valence-electron chi connectivity index (χ0n) is 14.1. The molecule has 4 N–H and O–H groups in total. The van der Waals surface area contributed by atoms with Crippen LogP contribution in [0.25, 0.3) is 22.2 Å². The Kier molecular flexibility index (Phi) is 5.33. The van der Waals surface area contributed by atoms with Crippen molar-refractivity contribution in [1.29, 1.82) is 0 Å².